The highest BCUT2D eigenvalue weighted by atomic mass is 16.6. The van der Waals surface area contributed by atoms with E-state index in [0.29, 0.717) is 31.9 Å². The molecular weight excluding hydrogens is 364 g/mol. The molecule has 9 nitrogen and oxygen atoms in total. The lowest BCUT2D eigenvalue weighted by Crippen LogP contribution is -2.48. The number of amides is 1. The molecule has 0 unspecified atom stereocenters. The molecule has 1 aliphatic heterocycles. The fourth-order valence-electron chi connectivity index (χ4n) is 3.17. The Morgan fingerprint density at radius 2 is 1.93 bits per heavy atom. The molecule has 9 heteroatoms. The summed E-state index contributed by atoms with van der Waals surface area (Å²) >= 11 is 0. The van der Waals surface area contributed by atoms with E-state index in [1.54, 1.807) is 18.2 Å². The molecule has 28 heavy (non-hydrogen) atoms. The Morgan fingerprint density at radius 3 is 2.57 bits per heavy atom. The third kappa shape index (κ3) is 4.49. The van der Waals surface area contributed by atoms with Crippen molar-refractivity contribution in [2.24, 2.45) is 0 Å². The van der Waals surface area contributed by atoms with Gasteiger partial charge in [0.25, 0.3) is 5.69 Å². The Hall–Kier alpha value is -3.33. The van der Waals surface area contributed by atoms with Gasteiger partial charge in [-0.3, -0.25) is 19.8 Å². The first-order valence-electron chi connectivity index (χ1n) is 8.85. The van der Waals surface area contributed by atoms with Crippen molar-refractivity contribution in [2.45, 2.75) is 0 Å². The van der Waals surface area contributed by atoms with Crippen LogP contribution < -0.4 is 15.0 Å². The van der Waals surface area contributed by atoms with Crippen LogP contribution in [0.2, 0.25) is 0 Å². The molecule has 2 N–H and O–H groups in total. The zero-order chi connectivity index (χ0) is 20.1. The fourth-order valence-corrected chi connectivity index (χ4v) is 3.17. The Bertz CT molecular complexity index is 865. The number of nitro benzene ring substituents is 1. The minimum atomic E-state index is -0.552. The summed E-state index contributed by atoms with van der Waals surface area (Å²) in [5.41, 5.74) is 0.709. The summed E-state index contributed by atoms with van der Waals surface area (Å²) < 4.78 is 4.99. The van der Waals surface area contributed by atoms with E-state index in [9.17, 15) is 20.0 Å². The number of carbonyl (C=O) groups is 1. The molecule has 0 spiro atoms. The second-order valence-corrected chi connectivity index (χ2v) is 6.44. The van der Waals surface area contributed by atoms with Crippen LogP contribution in [0.5, 0.6) is 11.5 Å². The fraction of sp³-hybridized carbons (Fsp3) is 0.316. The van der Waals surface area contributed by atoms with Crippen molar-refractivity contribution < 1.29 is 19.6 Å². The predicted octanol–water partition coefficient (Wildman–Crippen LogP) is 2.07. The van der Waals surface area contributed by atoms with E-state index in [4.69, 9.17) is 4.74 Å². The van der Waals surface area contributed by atoms with Crippen molar-refractivity contribution in [1.29, 1.82) is 0 Å². The summed E-state index contributed by atoms with van der Waals surface area (Å²) in [5.74, 6) is 0.273. The summed E-state index contributed by atoms with van der Waals surface area (Å²) in [4.78, 5) is 27.1. The molecule has 1 amide bonds. The molecule has 0 bridgehead atoms. The quantitative estimate of drug-likeness (QED) is 0.578. The molecule has 0 aromatic heterocycles. The number of nitrogens with zero attached hydrogens (tertiary/aromatic N) is 3. The van der Waals surface area contributed by atoms with E-state index in [2.05, 4.69) is 10.2 Å². The average molecular weight is 386 g/mol. The van der Waals surface area contributed by atoms with Gasteiger partial charge in [0.15, 0.2) is 0 Å². The highest BCUT2D eigenvalue weighted by Crippen LogP contribution is 2.29. The molecule has 0 aliphatic carbocycles. The standard InChI is InChI=1S/C19H22N4O5/c1-28-14-6-7-15(17(12-14)23(26)27)20-19(25)13-21-8-10-22(11-9-21)16-4-2-3-5-18(16)24/h2-7,12,24H,8-11,13H2,1H3,(H,20,25). The molecule has 0 saturated carbocycles. The van der Waals surface area contributed by atoms with Gasteiger partial charge in [-0.15, -0.1) is 0 Å². The van der Waals surface area contributed by atoms with E-state index in [1.165, 1.54) is 19.2 Å². The number of hydrogen-bond donors (Lipinski definition) is 2. The van der Waals surface area contributed by atoms with Crippen LogP contribution in [0.15, 0.2) is 42.5 Å². The number of aromatic hydroxyl groups is 1. The van der Waals surface area contributed by atoms with Crippen LogP contribution in [0.3, 0.4) is 0 Å². The summed E-state index contributed by atoms with van der Waals surface area (Å²) in [7, 11) is 1.42. The maximum absolute atomic E-state index is 12.4. The predicted molar refractivity (Wildman–Crippen MR) is 105 cm³/mol. The number of methoxy groups -OCH3 is 1. The molecule has 0 radical (unpaired) electrons. The van der Waals surface area contributed by atoms with Gasteiger partial charge in [0.2, 0.25) is 5.91 Å². The third-order valence-electron chi connectivity index (χ3n) is 4.64. The van der Waals surface area contributed by atoms with Crippen LogP contribution in [0.1, 0.15) is 0 Å². The van der Waals surface area contributed by atoms with Crippen LogP contribution in [0.25, 0.3) is 0 Å². The summed E-state index contributed by atoms with van der Waals surface area (Å²) in [5, 5.41) is 23.8. The number of benzene rings is 2. The molecule has 2 aromatic carbocycles. The maximum atomic E-state index is 12.4. The van der Waals surface area contributed by atoms with Crippen molar-refractivity contribution in [3.63, 3.8) is 0 Å². The Kier molecular flexibility index (Phi) is 5.95. The number of phenols is 1. The van der Waals surface area contributed by atoms with Gasteiger partial charge >= 0.3 is 0 Å². The van der Waals surface area contributed by atoms with Gasteiger partial charge in [-0.1, -0.05) is 12.1 Å². The molecule has 1 aliphatic rings. The number of rotatable bonds is 6. The lowest BCUT2D eigenvalue weighted by Gasteiger charge is -2.35. The van der Waals surface area contributed by atoms with Crippen molar-refractivity contribution >= 4 is 23.0 Å². The van der Waals surface area contributed by atoms with Crippen molar-refractivity contribution in [2.75, 3.05) is 50.1 Å². The van der Waals surface area contributed by atoms with Crippen LogP contribution in [-0.4, -0.2) is 60.7 Å². The van der Waals surface area contributed by atoms with Gasteiger partial charge in [0.05, 0.1) is 30.3 Å². The Morgan fingerprint density at radius 1 is 1.21 bits per heavy atom. The van der Waals surface area contributed by atoms with Gasteiger partial charge in [0, 0.05) is 26.2 Å². The summed E-state index contributed by atoms with van der Waals surface area (Å²) in [6.45, 7) is 2.78. The van der Waals surface area contributed by atoms with Gasteiger partial charge in [-0.05, 0) is 24.3 Å². The SMILES string of the molecule is COc1ccc(NC(=O)CN2CCN(c3ccccc3O)CC2)c([N+](=O)[O-])c1. The number of piperazine rings is 1. The number of nitrogens with one attached hydrogen (secondary N) is 1. The molecule has 1 heterocycles. The van der Waals surface area contributed by atoms with Crippen LogP contribution in [-0.2, 0) is 4.79 Å². The van der Waals surface area contributed by atoms with Gasteiger partial charge in [-0.2, -0.15) is 0 Å². The van der Waals surface area contributed by atoms with Crippen LogP contribution in [0.4, 0.5) is 17.1 Å². The average Bonchev–Trinajstić information content (AvgIpc) is 2.69. The maximum Gasteiger partial charge on any atom is 0.296 e. The van der Waals surface area contributed by atoms with Gasteiger partial charge < -0.3 is 20.1 Å². The van der Waals surface area contributed by atoms with E-state index in [0.717, 1.165) is 5.69 Å². The minimum absolute atomic E-state index is 0.137. The largest absolute Gasteiger partial charge is 0.506 e. The monoisotopic (exact) mass is 386 g/mol. The number of anilines is 2. The number of ether oxygens (including phenoxy) is 1. The van der Waals surface area contributed by atoms with Crippen molar-refractivity contribution in [1.82, 2.24) is 4.90 Å². The summed E-state index contributed by atoms with van der Waals surface area (Å²) in [6.07, 6.45) is 0. The number of hydrogen-bond acceptors (Lipinski definition) is 7. The lowest BCUT2D eigenvalue weighted by molar-refractivity contribution is -0.384. The first kappa shape index (κ1) is 19.4. The number of carbonyl (C=O) groups excluding carboxylic acids is 1. The zero-order valence-electron chi connectivity index (χ0n) is 15.5. The second-order valence-electron chi connectivity index (χ2n) is 6.44. The molecule has 3 rings (SSSR count). The summed E-state index contributed by atoms with van der Waals surface area (Å²) in [6, 6.07) is 11.5. The van der Waals surface area contributed by atoms with E-state index >= 15 is 0 Å². The molecule has 2 aromatic rings. The molecule has 1 saturated heterocycles. The van der Waals surface area contributed by atoms with Crippen molar-refractivity contribution in [3.8, 4) is 11.5 Å². The second kappa shape index (κ2) is 8.57. The number of nitro groups is 1. The number of para-hydroxylation sites is 2. The van der Waals surface area contributed by atoms with E-state index in [-0.39, 0.29) is 29.6 Å². The highest BCUT2D eigenvalue weighted by molar-refractivity contribution is 5.94. The Labute approximate surface area is 162 Å². The normalized spacial score (nSPS) is 14.5. The molecule has 148 valence electrons. The Balaban J connectivity index is 1.57. The zero-order valence-corrected chi connectivity index (χ0v) is 15.5. The first-order chi connectivity index (χ1) is 13.5. The molecule has 1 fully saturated rings. The lowest BCUT2D eigenvalue weighted by atomic mass is 10.2. The third-order valence-corrected chi connectivity index (χ3v) is 4.64. The van der Waals surface area contributed by atoms with E-state index in [1.807, 2.05) is 17.0 Å². The van der Waals surface area contributed by atoms with Crippen LogP contribution in [0, 0.1) is 10.1 Å². The van der Waals surface area contributed by atoms with Crippen molar-refractivity contribution in [3.05, 3.63) is 52.6 Å². The minimum Gasteiger partial charge on any atom is -0.506 e. The molecule has 0 atom stereocenters. The van der Waals surface area contributed by atoms with E-state index < -0.39 is 4.92 Å². The first-order valence-corrected chi connectivity index (χ1v) is 8.85. The van der Waals surface area contributed by atoms with Crippen LogP contribution >= 0.6 is 0 Å². The number of phenolic OH excluding ortho intramolecular Hbond substituents is 1. The molecular formula is C19H22N4O5. The topological polar surface area (TPSA) is 108 Å². The smallest absolute Gasteiger partial charge is 0.296 e. The highest BCUT2D eigenvalue weighted by Gasteiger charge is 2.22. The van der Waals surface area contributed by atoms with Gasteiger partial charge in [-0.25, -0.2) is 0 Å². The van der Waals surface area contributed by atoms with Gasteiger partial charge in [0.1, 0.15) is 17.2 Å².